The smallest absolute Gasteiger partial charge is 0.241 e. The molecular formula is C17H17N5. The van der Waals surface area contributed by atoms with Gasteiger partial charge in [-0.05, 0) is 17.5 Å². The highest BCUT2D eigenvalue weighted by Crippen LogP contribution is 2.37. The van der Waals surface area contributed by atoms with Crippen LogP contribution in [-0.2, 0) is 0 Å². The molecule has 0 bridgehead atoms. The van der Waals surface area contributed by atoms with Crippen molar-refractivity contribution in [2.24, 2.45) is 0 Å². The predicted octanol–water partition coefficient (Wildman–Crippen LogP) is 3.01. The summed E-state index contributed by atoms with van der Waals surface area (Å²) in [6, 6.07) is 21.1. The van der Waals surface area contributed by atoms with Crippen molar-refractivity contribution in [1.82, 2.24) is 14.8 Å². The molecule has 2 heterocycles. The van der Waals surface area contributed by atoms with Gasteiger partial charge in [0.15, 0.2) is 0 Å². The van der Waals surface area contributed by atoms with Gasteiger partial charge < -0.3 is 11.1 Å². The molecule has 1 aliphatic rings. The summed E-state index contributed by atoms with van der Waals surface area (Å²) in [7, 11) is 0. The van der Waals surface area contributed by atoms with Gasteiger partial charge in [0.25, 0.3) is 0 Å². The van der Waals surface area contributed by atoms with E-state index in [0.717, 1.165) is 12.4 Å². The zero-order chi connectivity index (χ0) is 14.9. The second-order valence-electron chi connectivity index (χ2n) is 5.51. The molecule has 0 fully saturated rings. The highest BCUT2D eigenvalue weighted by atomic mass is 15.4. The van der Waals surface area contributed by atoms with Crippen LogP contribution in [0.25, 0.3) is 0 Å². The molecule has 3 N–H and O–H groups in total. The minimum absolute atomic E-state index is 0.132. The molecule has 3 aromatic rings. The Morgan fingerprint density at radius 1 is 0.955 bits per heavy atom. The quantitative estimate of drug-likeness (QED) is 0.761. The number of hydrogen-bond acceptors (Lipinski definition) is 4. The van der Waals surface area contributed by atoms with Gasteiger partial charge in [0, 0.05) is 0 Å². The molecule has 5 nitrogen and oxygen atoms in total. The summed E-state index contributed by atoms with van der Waals surface area (Å²) in [6.07, 6.45) is 0.907. The van der Waals surface area contributed by atoms with E-state index in [2.05, 4.69) is 63.9 Å². The topological polar surface area (TPSA) is 68.8 Å². The SMILES string of the molecule is Nc1nc2n(n1)[C@@H](c1ccccc1)C[C@H](c1ccccc1)N2. The van der Waals surface area contributed by atoms with Crippen LogP contribution < -0.4 is 11.1 Å². The monoisotopic (exact) mass is 291 g/mol. The van der Waals surface area contributed by atoms with Crippen LogP contribution in [0.15, 0.2) is 60.7 Å². The number of benzene rings is 2. The van der Waals surface area contributed by atoms with Gasteiger partial charge in [-0.15, -0.1) is 5.10 Å². The van der Waals surface area contributed by atoms with Crippen molar-refractivity contribution in [3.63, 3.8) is 0 Å². The van der Waals surface area contributed by atoms with Crippen molar-refractivity contribution >= 4 is 11.9 Å². The summed E-state index contributed by atoms with van der Waals surface area (Å²) < 4.78 is 1.89. The molecule has 110 valence electrons. The summed E-state index contributed by atoms with van der Waals surface area (Å²) >= 11 is 0. The van der Waals surface area contributed by atoms with E-state index in [1.807, 2.05) is 16.8 Å². The lowest BCUT2D eigenvalue weighted by atomic mass is 9.93. The van der Waals surface area contributed by atoms with Gasteiger partial charge >= 0.3 is 0 Å². The van der Waals surface area contributed by atoms with Crippen LogP contribution in [0.4, 0.5) is 11.9 Å². The number of fused-ring (bicyclic) bond motifs is 1. The highest BCUT2D eigenvalue weighted by Gasteiger charge is 2.30. The van der Waals surface area contributed by atoms with Crippen molar-refractivity contribution in [2.75, 3.05) is 11.1 Å². The van der Waals surface area contributed by atoms with Crippen LogP contribution in [0.5, 0.6) is 0 Å². The number of anilines is 2. The fourth-order valence-corrected chi connectivity index (χ4v) is 3.05. The standard InChI is InChI=1S/C17H17N5/c18-16-20-17-19-14(12-7-3-1-4-8-12)11-15(22(17)21-16)13-9-5-2-6-10-13/h1-10,14-15H,11H2,(H3,18,19,20,21)/t14-,15-/m1/s1. The van der Waals surface area contributed by atoms with Gasteiger partial charge in [0.05, 0.1) is 12.1 Å². The van der Waals surface area contributed by atoms with Crippen LogP contribution in [0.2, 0.25) is 0 Å². The lowest BCUT2D eigenvalue weighted by Crippen LogP contribution is -2.28. The third kappa shape index (κ3) is 2.20. The Hall–Kier alpha value is -2.82. The molecule has 2 aromatic carbocycles. The van der Waals surface area contributed by atoms with E-state index in [4.69, 9.17) is 5.73 Å². The molecule has 0 amide bonds. The third-order valence-electron chi connectivity index (χ3n) is 4.09. The number of rotatable bonds is 2. The third-order valence-corrected chi connectivity index (χ3v) is 4.09. The Morgan fingerprint density at radius 3 is 2.27 bits per heavy atom. The minimum atomic E-state index is 0.132. The molecule has 0 radical (unpaired) electrons. The molecule has 0 spiro atoms. The maximum atomic E-state index is 5.80. The van der Waals surface area contributed by atoms with Crippen molar-refractivity contribution in [1.29, 1.82) is 0 Å². The average Bonchev–Trinajstić information content (AvgIpc) is 2.95. The first-order valence-corrected chi connectivity index (χ1v) is 7.40. The van der Waals surface area contributed by atoms with E-state index < -0.39 is 0 Å². The Balaban J connectivity index is 1.77. The van der Waals surface area contributed by atoms with Crippen LogP contribution in [0, 0.1) is 0 Å². The second-order valence-corrected chi connectivity index (χ2v) is 5.51. The molecule has 22 heavy (non-hydrogen) atoms. The molecule has 0 saturated heterocycles. The molecule has 0 saturated carbocycles. The van der Waals surface area contributed by atoms with Gasteiger partial charge in [-0.1, -0.05) is 60.7 Å². The second kappa shape index (κ2) is 5.18. The number of hydrogen-bond donors (Lipinski definition) is 2. The molecule has 0 unspecified atom stereocenters. The summed E-state index contributed by atoms with van der Waals surface area (Å²) in [6.45, 7) is 0. The summed E-state index contributed by atoms with van der Waals surface area (Å²) in [4.78, 5) is 4.32. The van der Waals surface area contributed by atoms with Gasteiger partial charge in [0.1, 0.15) is 0 Å². The Kier molecular flexibility index (Phi) is 3.04. The molecule has 1 aliphatic heterocycles. The molecule has 0 aliphatic carbocycles. The van der Waals surface area contributed by atoms with E-state index in [9.17, 15) is 0 Å². The first-order valence-electron chi connectivity index (χ1n) is 7.40. The maximum Gasteiger partial charge on any atom is 0.241 e. The summed E-state index contributed by atoms with van der Waals surface area (Å²) in [5.74, 6) is 1.03. The van der Waals surface area contributed by atoms with E-state index >= 15 is 0 Å². The van der Waals surface area contributed by atoms with Crippen LogP contribution in [0.3, 0.4) is 0 Å². The van der Waals surface area contributed by atoms with Crippen LogP contribution in [0.1, 0.15) is 29.6 Å². The minimum Gasteiger partial charge on any atom is -0.366 e. The van der Waals surface area contributed by atoms with Gasteiger partial charge in [-0.3, -0.25) is 0 Å². The van der Waals surface area contributed by atoms with E-state index in [0.29, 0.717) is 5.95 Å². The Labute approximate surface area is 128 Å². The summed E-state index contributed by atoms with van der Waals surface area (Å²) in [5, 5.41) is 7.80. The van der Waals surface area contributed by atoms with Crippen molar-refractivity contribution in [3.05, 3.63) is 71.8 Å². The van der Waals surface area contributed by atoms with Crippen LogP contribution in [-0.4, -0.2) is 14.8 Å². The lowest BCUT2D eigenvalue weighted by molar-refractivity contribution is 0.431. The molecule has 4 rings (SSSR count). The normalized spacial score (nSPS) is 20.2. The van der Waals surface area contributed by atoms with Crippen molar-refractivity contribution in [2.45, 2.75) is 18.5 Å². The number of aromatic nitrogens is 3. The fraction of sp³-hybridized carbons (Fsp3) is 0.176. The van der Waals surface area contributed by atoms with E-state index in [1.54, 1.807) is 0 Å². The fourth-order valence-electron chi connectivity index (χ4n) is 3.05. The Morgan fingerprint density at radius 2 is 1.59 bits per heavy atom. The number of nitrogen functional groups attached to an aromatic ring is 1. The lowest BCUT2D eigenvalue weighted by Gasteiger charge is -2.31. The van der Waals surface area contributed by atoms with Gasteiger partial charge in [0.2, 0.25) is 11.9 Å². The zero-order valence-electron chi connectivity index (χ0n) is 12.1. The first kappa shape index (κ1) is 12.9. The number of nitrogens with two attached hydrogens (primary N) is 1. The first-order chi connectivity index (χ1) is 10.8. The maximum absolute atomic E-state index is 5.80. The largest absolute Gasteiger partial charge is 0.366 e. The number of nitrogens with zero attached hydrogens (tertiary/aromatic N) is 3. The van der Waals surface area contributed by atoms with E-state index in [1.165, 1.54) is 11.1 Å². The average molecular weight is 291 g/mol. The molecular weight excluding hydrogens is 274 g/mol. The molecule has 5 heteroatoms. The Bertz CT molecular complexity index is 766. The van der Waals surface area contributed by atoms with E-state index in [-0.39, 0.29) is 12.1 Å². The highest BCUT2D eigenvalue weighted by molar-refractivity contribution is 5.41. The van der Waals surface area contributed by atoms with Gasteiger partial charge in [-0.25, -0.2) is 4.68 Å². The summed E-state index contributed by atoms with van der Waals surface area (Å²) in [5.41, 5.74) is 8.26. The zero-order valence-corrected chi connectivity index (χ0v) is 12.1. The molecule has 1 aromatic heterocycles. The molecule has 2 atom stereocenters. The predicted molar refractivity (Wildman–Crippen MR) is 86.4 cm³/mol. The van der Waals surface area contributed by atoms with Gasteiger partial charge in [-0.2, -0.15) is 4.98 Å². The van der Waals surface area contributed by atoms with Crippen molar-refractivity contribution in [3.8, 4) is 0 Å². The van der Waals surface area contributed by atoms with Crippen molar-refractivity contribution < 1.29 is 0 Å². The number of nitrogens with one attached hydrogen (secondary N) is 1. The van der Waals surface area contributed by atoms with Crippen LogP contribution >= 0.6 is 0 Å².